The van der Waals surface area contributed by atoms with Crippen LogP contribution in [0.25, 0.3) is 0 Å². The minimum Gasteiger partial charge on any atom is -0.352 e. The zero-order chi connectivity index (χ0) is 15.4. The minimum absolute atomic E-state index is 0.0328. The number of likely N-dealkylation sites (tertiary alicyclic amines) is 1. The van der Waals surface area contributed by atoms with Crippen molar-refractivity contribution in [2.75, 3.05) is 19.8 Å². The molecule has 22 heavy (non-hydrogen) atoms. The van der Waals surface area contributed by atoms with Crippen molar-refractivity contribution in [2.45, 2.75) is 44.4 Å². The zero-order valence-electron chi connectivity index (χ0n) is 12.7. The lowest BCUT2D eigenvalue weighted by molar-refractivity contribution is -0.188. The second-order valence-electron chi connectivity index (χ2n) is 5.88. The lowest BCUT2D eigenvalue weighted by Gasteiger charge is -2.37. The van der Waals surface area contributed by atoms with Crippen LogP contribution in [0.3, 0.4) is 0 Å². The van der Waals surface area contributed by atoms with Crippen molar-refractivity contribution < 1.29 is 18.7 Å². The maximum atomic E-state index is 13.1. The van der Waals surface area contributed by atoms with Gasteiger partial charge in [-0.25, -0.2) is 4.39 Å². The summed E-state index contributed by atoms with van der Waals surface area (Å²) in [6.45, 7) is 2.05. The van der Waals surface area contributed by atoms with Gasteiger partial charge < -0.3 is 14.4 Å². The van der Waals surface area contributed by atoms with Crippen LogP contribution >= 0.6 is 0 Å². The van der Waals surface area contributed by atoms with Gasteiger partial charge in [0, 0.05) is 6.54 Å². The Morgan fingerprint density at radius 1 is 1.14 bits per heavy atom. The first-order valence-electron chi connectivity index (χ1n) is 8.02. The van der Waals surface area contributed by atoms with Crippen LogP contribution in [-0.4, -0.2) is 36.9 Å². The molecule has 3 rings (SSSR count). The van der Waals surface area contributed by atoms with Crippen molar-refractivity contribution in [3.05, 3.63) is 35.6 Å². The van der Waals surface area contributed by atoms with Crippen LogP contribution in [0.15, 0.2) is 24.3 Å². The highest BCUT2D eigenvalue weighted by Crippen LogP contribution is 2.32. The molecule has 1 aromatic rings. The van der Waals surface area contributed by atoms with E-state index in [4.69, 9.17) is 9.47 Å². The summed E-state index contributed by atoms with van der Waals surface area (Å²) in [7, 11) is 0. The minimum atomic E-state index is -0.419. The summed E-state index contributed by atoms with van der Waals surface area (Å²) in [4.78, 5) is 14.5. The molecule has 2 aliphatic heterocycles. The van der Waals surface area contributed by atoms with E-state index in [-0.39, 0.29) is 24.2 Å². The summed E-state index contributed by atoms with van der Waals surface area (Å²) in [5, 5.41) is 0. The Bertz CT molecular complexity index is 499. The largest absolute Gasteiger partial charge is 0.352 e. The summed E-state index contributed by atoms with van der Waals surface area (Å²) in [6.07, 6.45) is 3.74. The number of rotatable bonds is 3. The molecule has 0 aliphatic carbocycles. The topological polar surface area (TPSA) is 38.8 Å². The van der Waals surface area contributed by atoms with Crippen molar-refractivity contribution in [3.8, 4) is 0 Å². The highest BCUT2D eigenvalue weighted by molar-refractivity contribution is 5.77. The molecule has 120 valence electrons. The first-order valence-corrected chi connectivity index (χ1v) is 8.02. The molecule has 4 nitrogen and oxygen atoms in total. The quantitative estimate of drug-likeness (QED) is 0.861. The number of amides is 1. The zero-order valence-corrected chi connectivity index (χ0v) is 12.7. The molecule has 0 spiro atoms. The fraction of sp³-hybridized carbons (Fsp3) is 0.588. The third-order valence-electron chi connectivity index (χ3n) is 4.32. The SMILES string of the molecule is O=C(CC1OCCCO1)N1CCCC[C@@H]1c1ccc(F)cc1. The molecule has 0 unspecified atom stereocenters. The molecule has 5 heteroatoms. The third kappa shape index (κ3) is 3.65. The average molecular weight is 307 g/mol. The second-order valence-corrected chi connectivity index (χ2v) is 5.88. The highest BCUT2D eigenvalue weighted by atomic mass is 19.1. The van der Waals surface area contributed by atoms with Crippen LogP contribution < -0.4 is 0 Å². The molecule has 2 aliphatic rings. The van der Waals surface area contributed by atoms with Gasteiger partial charge in [-0.05, 0) is 43.4 Å². The fourth-order valence-corrected chi connectivity index (χ4v) is 3.18. The van der Waals surface area contributed by atoms with Crippen molar-refractivity contribution in [3.63, 3.8) is 0 Å². The molecule has 0 radical (unpaired) electrons. The van der Waals surface area contributed by atoms with E-state index in [0.29, 0.717) is 13.2 Å². The Morgan fingerprint density at radius 3 is 2.59 bits per heavy atom. The van der Waals surface area contributed by atoms with Gasteiger partial charge in [-0.1, -0.05) is 12.1 Å². The predicted molar refractivity (Wildman–Crippen MR) is 79.6 cm³/mol. The lowest BCUT2D eigenvalue weighted by atomic mass is 9.95. The molecule has 0 saturated carbocycles. The van der Waals surface area contributed by atoms with Crippen LogP contribution in [0.5, 0.6) is 0 Å². The van der Waals surface area contributed by atoms with E-state index >= 15 is 0 Å². The van der Waals surface area contributed by atoms with E-state index in [1.54, 1.807) is 12.1 Å². The van der Waals surface area contributed by atoms with Crippen LogP contribution in [0.2, 0.25) is 0 Å². The van der Waals surface area contributed by atoms with Gasteiger partial charge in [-0.2, -0.15) is 0 Å². The predicted octanol–water partition coefficient (Wildman–Crippen LogP) is 3.03. The molecule has 0 aromatic heterocycles. The number of piperidine rings is 1. The van der Waals surface area contributed by atoms with Gasteiger partial charge in [0.05, 0.1) is 25.7 Å². The smallest absolute Gasteiger partial charge is 0.228 e. The molecule has 1 aromatic carbocycles. The first kappa shape index (κ1) is 15.4. The van der Waals surface area contributed by atoms with E-state index in [0.717, 1.165) is 37.8 Å². The monoisotopic (exact) mass is 307 g/mol. The van der Waals surface area contributed by atoms with E-state index < -0.39 is 6.29 Å². The fourth-order valence-electron chi connectivity index (χ4n) is 3.18. The molecular formula is C17H22FNO3. The van der Waals surface area contributed by atoms with E-state index in [1.807, 2.05) is 4.90 Å². The van der Waals surface area contributed by atoms with Crippen molar-refractivity contribution in [1.29, 1.82) is 0 Å². The highest BCUT2D eigenvalue weighted by Gasteiger charge is 2.30. The summed E-state index contributed by atoms with van der Waals surface area (Å²) < 4.78 is 24.1. The summed E-state index contributed by atoms with van der Waals surface area (Å²) in [5.41, 5.74) is 1.000. The summed E-state index contributed by atoms with van der Waals surface area (Å²) in [5.74, 6) is -0.192. The van der Waals surface area contributed by atoms with Gasteiger partial charge in [0.25, 0.3) is 0 Å². The molecule has 0 N–H and O–H groups in total. The Balaban J connectivity index is 1.68. The van der Waals surface area contributed by atoms with Crippen molar-refractivity contribution in [1.82, 2.24) is 4.90 Å². The van der Waals surface area contributed by atoms with Crippen LogP contribution in [0, 0.1) is 5.82 Å². The number of hydrogen-bond donors (Lipinski definition) is 0. The molecule has 2 saturated heterocycles. The summed E-state index contributed by atoms with van der Waals surface area (Å²) >= 11 is 0. The first-order chi connectivity index (χ1) is 10.7. The maximum Gasteiger partial charge on any atom is 0.228 e. The molecule has 1 atom stereocenters. The van der Waals surface area contributed by atoms with Gasteiger partial charge >= 0.3 is 0 Å². The Hall–Kier alpha value is -1.46. The van der Waals surface area contributed by atoms with Gasteiger partial charge in [-0.3, -0.25) is 4.79 Å². The van der Waals surface area contributed by atoms with Crippen molar-refractivity contribution in [2.24, 2.45) is 0 Å². The number of carbonyl (C=O) groups excluding carboxylic acids is 1. The third-order valence-corrected chi connectivity index (χ3v) is 4.32. The lowest BCUT2D eigenvalue weighted by Crippen LogP contribution is -2.41. The summed E-state index contributed by atoms with van der Waals surface area (Å²) in [6, 6.07) is 6.50. The normalized spacial score (nSPS) is 23.5. The van der Waals surface area contributed by atoms with E-state index in [9.17, 15) is 9.18 Å². The Morgan fingerprint density at radius 2 is 1.86 bits per heavy atom. The van der Waals surface area contributed by atoms with Crippen molar-refractivity contribution >= 4 is 5.91 Å². The van der Waals surface area contributed by atoms with Gasteiger partial charge in [0.2, 0.25) is 5.91 Å². The maximum absolute atomic E-state index is 13.1. The number of nitrogens with zero attached hydrogens (tertiary/aromatic N) is 1. The van der Waals surface area contributed by atoms with Gasteiger partial charge in [0.1, 0.15) is 5.82 Å². The number of ether oxygens (including phenoxy) is 2. The van der Waals surface area contributed by atoms with Crippen LogP contribution in [0.1, 0.15) is 43.7 Å². The number of carbonyl (C=O) groups is 1. The Labute approximate surface area is 130 Å². The molecule has 1 amide bonds. The van der Waals surface area contributed by atoms with E-state index in [2.05, 4.69) is 0 Å². The number of halogens is 1. The average Bonchev–Trinajstić information content (AvgIpc) is 2.56. The Kier molecular flexibility index (Phi) is 5.05. The molecule has 0 bridgehead atoms. The standard InChI is InChI=1S/C17H22FNO3/c18-14-7-5-13(6-8-14)15-4-1-2-9-19(15)16(20)12-17-21-10-3-11-22-17/h5-8,15,17H,1-4,9-12H2/t15-/m1/s1. The van der Waals surface area contributed by atoms with Gasteiger partial charge in [-0.15, -0.1) is 0 Å². The molecule has 2 fully saturated rings. The molecule has 2 heterocycles. The van der Waals surface area contributed by atoms with Crippen LogP contribution in [-0.2, 0) is 14.3 Å². The number of benzene rings is 1. The van der Waals surface area contributed by atoms with E-state index in [1.165, 1.54) is 12.1 Å². The van der Waals surface area contributed by atoms with Gasteiger partial charge in [0.15, 0.2) is 6.29 Å². The van der Waals surface area contributed by atoms with Crippen LogP contribution in [0.4, 0.5) is 4.39 Å². The molecular weight excluding hydrogens is 285 g/mol. The number of hydrogen-bond acceptors (Lipinski definition) is 3. The second kappa shape index (κ2) is 7.20.